The van der Waals surface area contributed by atoms with Gasteiger partial charge >= 0.3 is 0 Å². The summed E-state index contributed by atoms with van der Waals surface area (Å²) in [6, 6.07) is 3.75. The first kappa shape index (κ1) is 15.0. The van der Waals surface area contributed by atoms with Crippen LogP contribution in [0.25, 0.3) is 0 Å². The van der Waals surface area contributed by atoms with Gasteiger partial charge in [-0.3, -0.25) is 4.90 Å². The molecule has 1 aromatic rings. The highest BCUT2D eigenvalue weighted by Crippen LogP contribution is 2.20. The lowest BCUT2D eigenvalue weighted by Gasteiger charge is -2.32. The molecule has 1 aromatic carbocycles. The Labute approximate surface area is 119 Å². The number of halogens is 2. The van der Waals surface area contributed by atoms with Gasteiger partial charge in [0.15, 0.2) is 0 Å². The third kappa shape index (κ3) is 4.30. The van der Waals surface area contributed by atoms with E-state index in [0.717, 1.165) is 38.5 Å². The van der Waals surface area contributed by atoms with Gasteiger partial charge in [-0.25, -0.2) is 8.78 Å². The maximum absolute atomic E-state index is 13.6. The molecule has 1 aliphatic rings. The van der Waals surface area contributed by atoms with Crippen molar-refractivity contribution >= 4 is 5.69 Å². The van der Waals surface area contributed by atoms with Crippen molar-refractivity contribution in [1.29, 1.82) is 0 Å². The third-order valence-corrected chi connectivity index (χ3v) is 3.63. The molecule has 4 heteroatoms. The van der Waals surface area contributed by atoms with Crippen LogP contribution in [0.1, 0.15) is 26.7 Å². The highest BCUT2D eigenvalue weighted by molar-refractivity contribution is 5.45. The van der Waals surface area contributed by atoms with E-state index >= 15 is 0 Å². The first-order valence-electron chi connectivity index (χ1n) is 7.12. The monoisotopic (exact) mass is 280 g/mol. The Morgan fingerprint density at radius 3 is 2.65 bits per heavy atom. The average molecular weight is 280 g/mol. The second-order valence-electron chi connectivity index (χ2n) is 5.62. The van der Waals surface area contributed by atoms with Crippen LogP contribution in [-0.4, -0.2) is 30.6 Å². The quantitative estimate of drug-likeness (QED) is 0.844. The topological polar surface area (TPSA) is 15.3 Å². The molecule has 1 fully saturated rings. The molecule has 0 aliphatic carbocycles. The summed E-state index contributed by atoms with van der Waals surface area (Å²) < 4.78 is 26.7. The Morgan fingerprint density at radius 1 is 1.30 bits per heavy atom. The maximum atomic E-state index is 13.6. The van der Waals surface area contributed by atoms with Gasteiger partial charge in [0, 0.05) is 25.7 Å². The molecule has 1 aliphatic heterocycles. The number of likely N-dealkylation sites (tertiary alicyclic amines) is 1. The Balaban J connectivity index is 1.85. The number of hydrogen-bond acceptors (Lipinski definition) is 2. The minimum Gasteiger partial charge on any atom is -0.380 e. The van der Waals surface area contributed by atoms with Gasteiger partial charge in [-0.2, -0.15) is 0 Å². The Bertz CT molecular complexity index is 473. The van der Waals surface area contributed by atoms with Crippen LogP contribution >= 0.6 is 0 Å². The largest absolute Gasteiger partial charge is 0.380 e. The van der Waals surface area contributed by atoms with Gasteiger partial charge in [-0.1, -0.05) is 11.6 Å². The molecule has 20 heavy (non-hydrogen) atoms. The minimum atomic E-state index is -0.408. The number of nitrogens with one attached hydrogen (secondary N) is 1. The number of piperidine rings is 1. The molecule has 0 bridgehead atoms. The van der Waals surface area contributed by atoms with E-state index in [9.17, 15) is 8.78 Å². The predicted octanol–water partition coefficient (Wildman–Crippen LogP) is 3.81. The van der Waals surface area contributed by atoms with Crippen molar-refractivity contribution in [2.45, 2.75) is 32.7 Å². The number of nitrogens with zero attached hydrogens (tertiary/aromatic N) is 1. The molecule has 0 aromatic heterocycles. The van der Waals surface area contributed by atoms with Gasteiger partial charge in [0.05, 0.1) is 5.69 Å². The molecule has 0 amide bonds. The van der Waals surface area contributed by atoms with Crippen LogP contribution in [0.5, 0.6) is 0 Å². The number of rotatable bonds is 4. The molecule has 1 saturated heterocycles. The minimum absolute atomic E-state index is 0.217. The normalized spacial score (nSPS) is 17.0. The molecular weight excluding hydrogens is 258 g/mol. The van der Waals surface area contributed by atoms with Crippen LogP contribution in [0.15, 0.2) is 29.8 Å². The maximum Gasteiger partial charge on any atom is 0.146 e. The molecule has 1 heterocycles. The fraction of sp³-hybridized carbons (Fsp3) is 0.500. The summed E-state index contributed by atoms with van der Waals surface area (Å²) in [6.45, 7) is 7.14. The first-order valence-corrected chi connectivity index (χ1v) is 7.12. The van der Waals surface area contributed by atoms with E-state index in [1.165, 1.54) is 17.7 Å². The van der Waals surface area contributed by atoms with E-state index in [1.54, 1.807) is 0 Å². The van der Waals surface area contributed by atoms with Gasteiger partial charge in [0.25, 0.3) is 0 Å². The predicted molar refractivity (Wildman–Crippen MR) is 78.9 cm³/mol. The van der Waals surface area contributed by atoms with Gasteiger partial charge in [0.1, 0.15) is 11.6 Å². The third-order valence-electron chi connectivity index (χ3n) is 3.63. The second-order valence-corrected chi connectivity index (χ2v) is 5.62. The standard InChI is InChI=1S/C16H22F2N2/c1-12(2)5-8-20-9-6-14(7-10-20)19-16-11-13(17)3-4-15(16)18/h3-5,11,14,19H,6-10H2,1-2H3. The summed E-state index contributed by atoms with van der Waals surface area (Å²) in [5.74, 6) is -0.798. The summed E-state index contributed by atoms with van der Waals surface area (Å²) in [7, 11) is 0. The zero-order valence-electron chi connectivity index (χ0n) is 12.1. The van der Waals surface area contributed by atoms with Gasteiger partial charge in [-0.05, 0) is 44.9 Å². The lowest BCUT2D eigenvalue weighted by Crippen LogP contribution is -2.39. The Morgan fingerprint density at radius 2 is 2.00 bits per heavy atom. The second kappa shape index (κ2) is 6.84. The highest BCUT2D eigenvalue weighted by Gasteiger charge is 2.19. The van der Waals surface area contributed by atoms with Crippen molar-refractivity contribution in [2.75, 3.05) is 25.0 Å². The summed E-state index contributed by atoms with van der Waals surface area (Å²) in [4.78, 5) is 2.38. The van der Waals surface area contributed by atoms with E-state index < -0.39 is 11.6 Å². The van der Waals surface area contributed by atoms with E-state index in [4.69, 9.17) is 0 Å². The van der Waals surface area contributed by atoms with E-state index in [2.05, 4.69) is 30.1 Å². The zero-order valence-corrected chi connectivity index (χ0v) is 12.1. The van der Waals surface area contributed by atoms with Crippen molar-refractivity contribution in [3.63, 3.8) is 0 Å². The Kier molecular flexibility index (Phi) is 5.12. The zero-order chi connectivity index (χ0) is 14.5. The van der Waals surface area contributed by atoms with Gasteiger partial charge in [0.2, 0.25) is 0 Å². The van der Waals surface area contributed by atoms with Crippen molar-refractivity contribution in [1.82, 2.24) is 4.90 Å². The average Bonchev–Trinajstić information content (AvgIpc) is 2.42. The number of allylic oxidation sites excluding steroid dienone is 1. The molecule has 0 atom stereocenters. The summed E-state index contributed by atoms with van der Waals surface area (Å²) in [6.07, 6.45) is 4.12. The van der Waals surface area contributed by atoms with Gasteiger partial charge < -0.3 is 5.32 Å². The van der Waals surface area contributed by atoms with Crippen LogP contribution in [0.4, 0.5) is 14.5 Å². The van der Waals surface area contributed by atoms with E-state index in [0.29, 0.717) is 0 Å². The lowest BCUT2D eigenvalue weighted by molar-refractivity contribution is 0.239. The Hall–Kier alpha value is -1.42. The van der Waals surface area contributed by atoms with Crippen LogP contribution in [0, 0.1) is 11.6 Å². The van der Waals surface area contributed by atoms with Crippen LogP contribution in [-0.2, 0) is 0 Å². The molecule has 0 spiro atoms. The number of benzene rings is 1. The van der Waals surface area contributed by atoms with Crippen molar-refractivity contribution < 1.29 is 8.78 Å². The van der Waals surface area contributed by atoms with E-state index in [-0.39, 0.29) is 11.7 Å². The van der Waals surface area contributed by atoms with E-state index in [1.807, 2.05) is 0 Å². The van der Waals surface area contributed by atoms with Crippen LogP contribution < -0.4 is 5.32 Å². The molecule has 0 saturated carbocycles. The van der Waals surface area contributed by atoms with Crippen molar-refractivity contribution in [3.8, 4) is 0 Å². The first-order chi connectivity index (χ1) is 9.54. The molecular formula is C16H22F2N2. The summed E-state index contributed by atoms with van der Waals surface area (Å²) >= 11 is 0. The SMILES string of the molecule is CC(C)=CCN1CCC(Nc2cc(F)ccc2F)CC1. The lowest BCUT2D eigenvalue weighted by atomic mass is 10.0. The van der Waals surface area contributed by atoms with Crippen molar-refractivity contribution in [3.05, 3.63) is 41.5 Å². The van der Waals surface area contributed by atoms with Gasteiger partial charge in [-0.15, -0.1) is 0 Å². The fourth-order valence-corrected chi connectivity index (χ4v) is 2.40. The number of hydrogen-bond donors (Lipinski definition) is 1. The molecule has 110 valence electrons. The molecule has 2 nitrogen and oxygen atoms in total. The van der Waals surface area contributed by atoms with Crippen LogP contribution in [0.3, 0.4) is 0 Å². The molecule has 0 unspecified atom stereocenters. The van der Waals surface area contributed by atoms with Crippen LogP contribution in [0.2, 0.25) is 0 Å². The van der Waals surface area contributed by atoms with Crippen molar-refractivity contribution in [2.24, 2.45) is 0 Å². The smallest absolute Gasteiger partial charge is 0.146 e. The fourth-order valence-electron chi connectivity index (χ4n) is 2.40. The highest BCUT2D eigenvalue weighted by atomic mass is 19.1. The molecule has 2 rings (SSSR count). The number of anilines is 1. The summed E-state index contributed by atoms with van der Waals surface area (Å²) in [5.41, 5.74) is 1.60. The molecule has 1 N–H and O–H groups in total. The summed E-state index contributed by atoms with van der Waals surface area (Å²) in [5, 5.41) is 3.12. The molecule has 0 radical (unpaired) electrons.